The van der Waals surface area contributed by atoms with Gasteiger partial charge in [-0.1, -0.05) is 98.5 Å². The van der Waals surface area contributed by atoms with Crippen LogP contribution in [-0.4, -0.2) is 26.1 Å². The van der Waals surface area contributed by atoms with Crippen molar-refractivity contribution in [2.24, 2.45) is 45.8 Å². The minimum atomic E-state index is -1.82. The highest BCUT2D eigenvalue weighted by atomic mass is 28.4. The van der Waals surface area contributed by atoms with Gasteiger partial charge in [-0.15, -0.1) is 0 Å². The van der Waals surface area contributed by atoms with Gasteiger partial charge in [0.05, 0.1) is 6.10 Å². The van der Waals surface area contributed by atoms with Crippen LogP contribution in [0.2, 0.25) is 18.1 Å². The van der Waals surface area contributed by atoms with Gasteiger partial charge in [0.1, 0.15) is 0 Å². The predicted molar refractivity (Wildman–Crippen MR) is 166 cm³/mol. The molecule has 0 aliphatic heterocycles. The average Bonchev–Trinajstić information content (AvgIpc) is 3.17. The van der Waals surface area contributed by atoms with E-state index >= 15 is 0 Å². The van der Waals surface area contributed by atoms with Crippen LogP contribution in [0, 0.1) is 45.8 Å². The summed E-state index contributed by atoms with van der Waals surface area (Å²) in [5.74, 6) is 3.57. The first-order valence-electron chi connectivity index (χ1n) is 16.2. The second-order valence-electron chi connectivity index (χ2n) is 16.8. The normalized spacial score (nSPS) is 38.4. The monoisotopic (exact) mass is 542 g/mol. The average molecular weight is 543 g/mol. The Bertz CT molecular complexity index is 923. The molecule has 8 atom stereocenters. The van der Waals surface area contributed by atoms with E-state index in [1.54, 1.807) is 5.57 Å². The van der Waals surface area contributed by atoms with Crippen LogP contribution in [0.3, 0.4) is 0 Å². The number of aliphatic hydroxyl groups excluding tert-OH is 1. The van der Waals surface area contributed by atoms with Crippen LogP contribution in [-0.2, 0) is 4.43 Å². The van der Waals surface area contributed by atoms with Gasteiger partial charge in [0.15, 0.2) is 8.32 Å². The van der Waals surface area contributed by atoms with Crippen molar-refractivity contribution < 1.29 is 9.53 Å². The third-order valence-corrected chi connectivity index (χ3v) is 17.5. The molecule has 0 aromatic carbocycles. The van der Waals surface area contributed by atoms with Crippen LogP contribution in [0.25, 0.3) is 0 Å². The molecule has 1 N–H and O–H groups in total. The molecule has 0 aromatic rings. The molecule has 0 bridgehead atoms. The SMILES string of the molecule is C[C@@H](CO)CCC[C@@H](C)[C@H]1CC[C@H]2C3=CC=C4C(C)(C)C(O[Si](C)(C)C(C)(C)C)CC[C@]4(C)[C@H]3CC[C@]12C. The second-order valence-corrected chi connectivity index (χ2v) is 21.6. The van der Waals surface area contributed by atoms with Gasteiger partial charge >= 0.3 is 0 Å². The molecule has 0 spiro atoms. The fourth-order valence-electron chi connectivity index (χ4n) is 9.49. The molecule has 4 rings (SSSR count). The van der Waals surface area contributed by atoms with E-state index in [-0.39, 0.29) is 15.9 Å². The zero-order chi connectivity index (χ0) is 28.3. The van der Waals surface area contributed by atoms with E-state index in [1.807, 2.05) is 5.57 Å². The van der Waals surface area contributed by atoms with Gasteiger partial charge in [-0.25, -0.2) is 0 Å². The molecular weight excluding hydrogens is 480 g/mol. The van der Waals surface area contributed by atoms with Crippen molar-refractivity contribution in [2.75, 3.05) is 6.61 Å². The molecular formula is C35H62O2Si. The van der Waals surface area contributed by atoms with Gasteiger partial charge < -0.3 is 9.53 Å². The molecule has 3 fully saturated rings. The van der Waals surface area contributed by atoms with Gasteiger partial charge in [0, 0.05) is 12.0 Å². The summed E-state index contributed by atoms with van der Waals surface area (Å²) in [6.07, 6.45) is 17.3. The van der Waals surface area contributed by atoms with Crippen molar-refractivity contribution in [3.63, 3.8) is 0 Å². The molecule has 0 amide bonds. The molecule has 0 radical (unpaired) electrons. The van der Waals surface area contributed by atoms with Gasteiger partial charge in [0.25, 0.3) is 0 Å². The molecule has 3 heteroatoms. The van der Waals surface area contributed by atoms with E-state index in [9.17, 15) is 5.11 Å². The summed E-state index contributed by atoms with van der Waals surface area (Å²) in [6.45, 7) is 27.3. The third kappa shape index (κ3) is 5.08. The van der Waals surface area contributed by atoms with Crippen molar-refractivity contribution in [2.45, 2.75) is 144 Å². The summed E-state index contributed by atoms with van der Waals surface area (Å²) in [6, 6.07) is 0. The zero-order valence-electron chi connectivity index (χ0n) is 27.0. The predicted octanol–water partition coefficient (Wildman–Crippen LogP) is 9.95. The van der Waals surface area contributed by atoms with E-state index in [0.29, 0.717) is 30.0 Å². The number of fused-ring (bicyclic) bond motifs is 5. The Morgan fingerprint density at radius 2 is 1.63 bits per heavy atom. The highest BCUT2D eigenvalue weighted by Crippen LogP contribution is 2.68. The van der Waals surface area contributed by atoms with E-state index in [1.165, 1.54) is 57.8 Å². The first kappa shape index (κ1) is 30.6. The third-order valence-electron chi connectivity index (χ3n) is 13.0. The quantitative estimate of drug-likeness (QED) is 0.309. The molecule has 0 heterocycles. The smallest absolute Gasteiger partial charge is 0.192 e. The van der Waals surface area contributed by atoms with Crippen LogP contribution in [0.15, 0.2) is 23.3 Å². The van der Waals surface area contributed by atoms with E-state index in [2.05, 4.69) is 87.6 Å². The molecule has 3 saturated carbocycles. The maximum absolute atomic E-state index is 9.43. The summed E-state index contributed by atoms with van der Waals surface area (Å²) in [5, 5.41) is 9.68. The molecule has 2 nitrogen and oxygen atoms in total. The molecule has 0 saturated heterocycles. The standard InChI is InChI=1S/C35H62O2Si/c1-24(23-36)13-12-14-25(2)27-16-17-28-26-15-18-30-33(6,7)31(37-38(10,11)32(3,4)5)20-22-35(30,9)29(26)19-21-34(27,28)8/h15,18,24-25,27-29,31,36H,12-14,16-17,19-23H2,1-11H3/t24-,25-,27-,28+,29+,31?,34-,35-/m1/s1. The lowest BCUT2D eigenvalue weighted by atomic mass is 9.46. The number of aliphatic hydroxyl groups is 1. The number of allylic oxidation sites excluding steroid dienone is 3. The van der Waals surface area contributed by atoms with E-state index in [4.69, 9.17) is 4.43 Å². The molecule has 218 valence electrons. The van der Waals surface area contributed by atoms with Gasteiger partial charge in [-0.2, -0.15) is 0 Å². The minimum Gasteiger partial charge on any atom is -0.413 e. The minimum absolute atomic E-state index is 0.0870. The first-order chi connectivity index (χ1) is 17.5. The fourth-order valence-corrected chi connectivity index (χ4v) is 11.0. The van der Waals surface area contributed by atoms with Crippen LogP contribution in [0.5, 0.6) is 0 Å². The zero-order valence-corrected chi connectivity index (χ0v) is 28.0. The summed E-state index contributed by atoms with van der Waals surface area (Å²) < 4.78 is 7.13. The maximum atomic E-state index is 9.43. The lowest BCUT2D eigenvalue weighted by Gasteiger charge is -2.60. The Balaban J connectivity index is 1.55. The van der Waals surface area contributed by atoms with Crippen LogP contribution in [0.1, 0.15) is 120 Å². The highest BCUT2D eigenvalue weighted by Gasteiger charge is 2.60. The summed E-state index contributed by atoms with van der Waals surface area (Å²) in [4.78, 5) is 0. The van der Waals surface area contributed by atoms with Gasteiger partial charge in [0.2, 0.25) is 0 Å². The molecule has 38 heavy (non-hydrogen) atoms. The Kier molecular flexibility index (Phi) is 8.42. The lowest BCUT2D eigenvalue weighted by molar-refractivity contribution is -0.0113. The molecule has 4 aliphatic carbocycles. The Morgan fingerprint density at radius 1 is 0.947 bits per heavy atom. The Labute approximate surface area is 237 Å². The number of hydrogen-bond acceptors (Lipinski definition) is 2. The van der Waals surface area contributed by atoms with Crippen molar-refractivity contribution in [1.29, 1.82) is 0 Å². The summed E-state index contributed by atoms with van der Waals surface area (Å²) in [5.41, 5.74) is 4.33. The molecule has 4 aliphatic rings. The van der Waals surface area contributed by atoms with Crippen molar-refractivity contribution >= 4 is 8.32 Å². The Hall–Kier alpha value is -0.383. The van der Waals surface area contributed by atoms with Gasteiger partial charge in [-0.05, 0) is 103 Å². The lowest BCUT2D eigenvalue weighted by Crippen LogP contribution is -2.55. The largest absolute Gasteiger partial charge is 0.413 e. The van der Waals surface area contributed by atoms with Crippen molar-refractivity contribution in [1.82, 2.24) is 0 Å². The number of hydrogen-bond donors (Lipinski definition) is 1. The summed E-state index contributed by atoms with van der Waals surface area (Å²) in [7, 11) is -1.82. The second kappa shape index (κ2) is 10.5. The van der Waals surface area contributed by atoms with Crippen molar-refractivity contribution in [3.8, 4) is 0 Å². The van der Waals surface area contributed by atoms with E-state index < -0.39 is 8.32 Å². The highest BCUT2D eigenvalue weighted by molar-refractivity contribution is 6.74. The fraction of sp³-hybridized carbons (Fsp3) is 0.886. The Morgan fingerprint density at radius 3 is 2.26 bits per heavy atom. The van der Waals surface area contributed by atoms with Crippen LogP contribution < -0.4 is 0 Å². The first-order valence-corrected chi connectivity index (χ1v) is 19.1. The summed E-state index contributed by atoms with van der Waals surface area (Å²) >= 11 is 0. The number of rotatable bonds is 8. The van der Waals surface area contributed by atoms with Crippen LogP contribution >= 0.6 is 0 Å². The van der Waals surface area contributed by atoms with Crippen molar-refractivity contribution in [3.05, 3.63) is 23.3 Å². The maximum Gasteiger partial charge on any atom is 0.192 e. The molecule has 0 aromatic heterocycles. The van der Waals surface area contributed by atoms with Crippen LogP contribution in [0.4, 0.5) is 0 Å². The van der Waals surface area contributed by atoms with E-state index in [0.717, 1.165) is 17.8 Å². The molecule has 1 unspecified atom stereocenters. The van der Waals surface area contributed by atoms with Gasteiger partial charge in [-0.3, -0.25) is 0 Å². The topological polar surface area (TPSA) is 29.5 Å².